The fourth-order valence-electron chi connectivity index (χ4n) is 2.09. The van der Waals surface area contributed by atoms with Crippen molar-refractivity contribution in [2.24, 2.45) is 5.92 Å². The van der Waals surface area contributed by atoms with Crippen LogP contribution in [0.4, 0.5) is 0 Å². The molecule has 0 aromatic heterocycles. The van der Waals surface area contributed by atoms with Gasteiger partial charge in [0.25, 0.3) is 0 Å². The van der Waals surface area contributed by atoms with Crippen LogP contribution >= 0.6 is 15.9 Å². The molecule has 0 radical (unpaired) electrons. The Morgan fingerprint density at radius 2 is 1.82 bits per heavy atom. The minimum atomic E-state index is -0.387. The summed E-state index contributed by atoms with van der Waals surface area (Å²) in [4.78, 5) is 0. The highest BCUT2D eigenvalue weighted by atomic mass is 79.9. The Morgan fingerprint density at radius 1 is 1.18 bits per heavy atom. The number of aliphatic hydroxyl groups excluding tert-OH is 1. The second-order valence-electron chi connectivity index (χ2n) is 4.65. The van der Waals surface area contributed by atoms with Gasteiger partial charge in [0.1, 0.15) is 0 Å². The summed E-state index contributed by atoms with van der Waals surface area (Å²) in [5, 5.41) is 10.2. The first-order valence-corrected chi connectivity index (χ1v) is 6.82. The zero-order valence-corrected chi connectivity index (χ0v) is 11.1. The van der Waals surface area contributed by atoms with E-state index < -0.39 is 0 Å². The molecule has 3 nitrogen and oxygen atoms in total. The minimum Gasteiger partial charge on any atom is -0.490 e. The molecule has 1 aromatic rings. The van der Waals surface area contributed by atoms with Gasteiger partial charge in [-0.3, -0.25) is 0 Å². The Labute approximate surface area is 109 Å². The van der Waals surface area contributed by atoms with Gasteiger partial charge in [0.15, 0.2) is 11.5 Å². The van der Waals surface area contributed by atoms with E-state index in [1.807, 2.05) is 12.1 Å². The van der Waals surface area contributed by atoms with Gasteiger partial charge in [-0.25, -0.2) is 0 Å². The van der Waals surface area contributed by atoms with Crippen LogP contribution in [0.2, 0.25) is 0 Å². The average molecular weight is 299 g/mol. The molecule has 0 saturated heterocycles. The summed E-state index contributed by atoms with van der Waals surface area (Å²) in [5.74, 6) is 1.93. The maximum atomic E-state index is 10.2. The standard InChI is InChI=1S/C13H15BrO3/c14-10-7-12-11(16-4-1-5-17-12)6-9(10)13(15)8-2-3-8/h6-8,13,15H,1-5H2. The predicted octanol–water partition coefficient (Wildman–Crippen LogP) is 3.05. The molecular weight excluding hydrogens is 284 g/mol. The van der Waals surface area contributed by atoms with Crippen molar-refractivity contribution in [3.63, 3.8) is 0 Å². The second-order valence-corrected chi connectivity index (χ2v) is 5.51. The topological polar surface area (TPSA) is 38.7 Å². The number of benzene rings is 1. The number of hydrogen-bond donors (Lipinski definition) is 1. The van der Waals surface area contributed by atoms with Crippen LogP contribution in [0.3, 0.4) is 0 Å². The summed E-state index contributed by atoms with van der Waals surface area (Å²) in [6.07, 6.45) is 2.73. The van der Waals surface area contributed by atoms with Crippen molar-refractivity contribution < 1.29 is 14.6 Å². The number of ether oxygens (including phenoxy) is 2. The largest absolute Gasteiger partial charge is 0.490 e. The lowest BCUT2D eigenvalue weighted by molar-refractivity contribution is 0.152. The van der Waals surface area contributed by atoms with Crippen molar-refractivity contribution in [3.8, 4) is 11.5 Å². The third-order valence-electron chi connectivity index (χ3n) is 3.25. The van der Waals surface area contributed by atoms with E-state index in [0.717, 1.165) is 40.8 Å². The molecule has 1 unspecified atom stereocenters. The van der Waals surface area contributed by atoms with Crippen LogP contribution in [0.1, 0.15) is 30.9 Å². The predicted molar refractivity (Wildman–Crippen MR) is 67.4 cm³/mol. The first kappa shape index (κ1) is 11.4. The molecule has 92 valence electrons. The molecule has 17 heavy (non-hydrogen) atoms. The van der Waals surface area contributed by atoms with E-state index >= 15 is 0 Å². The van der Waals surface area contributed by atoms with E-state index in [4.69, 9.17) is 9.47 Å². The lowest BCUT2D eigenvalue weighted by Crippen LogP contribution is -2.02. The molecule has 0 bridgehead atoms. The normalized spacial score (nSPS) is 20.8. The number of aliphatic hydroxyl groups is 1. The molecule has 1 heterocycles. The van der Waals surface area contributed by atoms with E-state index in [-0.39, 0.29) is 6.10 Å². The van der Waals surface area contributed by atoms with Crippen molar-refractivity contribution in [2.45, 2.75) is 25.4 Å². The van der Waals surface area contributed by atoms with Crippen LogP contribution in [0.15, 0.2) is 16.6 Å². The minimum absolute atomic E-state index is 0.387. The van der Waals surface area contributed by atoms with Crippen molar-refractivity contribution in [1.29, 1.82) is 0 Å². The Bertz CT molecular complexity index is 429. The number of hydrogen-bond acceptors (Lipinski definition) is 3. The van der Waals surface area contributed by atoms with Crippen LogP contribution < -0.4 is 9.47 Å². The Hall–Kier alpha value is -0.740. The SMILES string of the molecule is OC(c1cc2c(cc1Br)OCCCO2)C1CC1. The molecule has 0 spiro atoms. The Morgan fingerprint density at radius 3 is 2.47 bits per heavy atom. The highest BCUT2D eigenvalue weighted by Crippen LogP contribution is 2.45. The molecule has 1 N–H and O–H groups in total. The quantitative estimate of drug-likeness (QED) is 0.912. The fourth-order valence-corrected chi connectivity index (χ4v) is 2.65. The van der Waals surface area contributed by atoms with Gasteiger partial charge in [-0.1, -0.05) is 15.9 Å². The van der Waals surface area contributed by atoms with Gasteiger partial charge in [-0.2, -0.15) is 0 Å². The maximum absolute atomic E-state index is 10.2. The van der Waals surface area contributed by atoms with Crippen LogP contribution in [0, 0.1) is 5.92 Å². The summed E-state index contributed by atoms with van der Waals surface area (Å²) in [7, 11) is 0. The molecule has 1 aromatic carbocycles. The summed E-state index contributed by atoms with van der Waals surface area (Å²) in [6, 6.07) is 3.81. The summed E-state index contributed by atoms with van der Waals surface area (Å²) in [6.45, 7) is 1.36. The van der Waals surface area contributed by atoms with Crippen molar-refractivity contribution >= 4 is 15.9 Å². The lowest BCUT2D eigenvalue weighted by atomic mass is 10.0. The van der Waals surface area contributed by atoms with Gasteiger partial charge in [0.2, 0.25) is 0 Å². The van der Waals surface area contributed by atoms with Crippen molar-refractivity contribution in [2.75, 3.05) is 13.2 Å². The van der Waals surface area contributed by atoms with E-state index in [9.17, 15) is 5.11 Å². The third kappa shape index (κ3) is 2.29. The molecule has 1 aliphatic heterocycles. The molecule has 2 aliphatic rings. The van der Waals surface area contributed by atoms with Gasteiger partial charge in [-0.05, 0) is 36.5 Å². The highest BCUT2D eigenvalue weighted by Gasteiger charge is 2.32. The van der Waals surface area contributed by atoms with Crippen LogP contribution in [-0.2, 0) is 0 Å². The summed E-state index contributed by atoms with van der Waals surface area (Å²) in [5.41, 5.74) is 0.914. The summed E-state index contributed by atoms with van der Waals surface area (Å²) < 4.78 is 12.1. The summed E-state index contributed by atoms with van der Waals surface area (Å²) >= 11 is 3.50. The highest BCUT2D eigenvalue weighted by molar-refractivity contribution is 9.10. The van der Waals surface area contributed by atoms with Gasteiger partial charge in [0.05, 0.1) is 19.3 Å². The first-order valence-electron chi connectivity index (χ1n) is 6.03. The molecule has 1 saturated carbocycles. The number of rotatable bonds is 2. The molecular formula is C13H15BrO3. The molecule has 4 heteroatoms. The third-order valence-corrected chi connectivity index (χ3v) is 3.94. The molecule has 1 aliphatic carbocycles. The van der Waals surface area contributed by atoms with Gasteiger partial charge >= 0.3 is 0 Å². The van der Waals surface area contributed by atoms with Crippen molar-refractivity contribution in [3.05, 3.63) is 22.2 Å². The fraction of sp³-hybridized carbons (Fsp3) is 0.538. The lowest BCUT2D eigenvalue weighted by Gasteiger charge is -2.15. The van der Waals surface area contributed by atoms with E-state index in [1.54, 1.807) is 0 Å². The van der Waals surface area contributed by atoms with E-state index in [1.165, 1.54) is 0 Å². The van der Waals surface area contributed by atoms with E-state index in [0.29, 0.717) is 19.1 Å². The molecule has 3 rings (SSSR count). The average Bonchev–Trinajstić information content (AvgIpc) is 3.14. The maximum Gasteiger partial charge on any atom is 0.162 e. The van der Waals surface area contributed by atoms with Gasteiger partial charge < -0.3 is 14.6 Å². The van der Waals surface area contributed by atoms with Gasteiger partial charge in [0, 0.05) is 10.9 Å². The smallest absolute Gasteiger partial charge is 0.162 e. The Balaban J connectivity index is 1.96. The number of fused-ring (bicyclic) bond motifs is 1. The molecule has 1 fully saturated rings. The first-order chi connectivity index (χ1) is 8.25. The van der Waals surface area contributed by atoms with Crippen LogP contribution in [0.5, 0.6) is 11.5 Å². The zero-order valence-electron chi connectivity index (χ0n) is 9.49. The molecule has 0 amide bonds. The zero-order chi connectivity index (χ0) is 11.8. The van der Waals surface area contributed by atoms with Crippen molar-refractivity contribution in [1.82, 2.24) is 0 Å². The molecule has 1 atom stereocenters. The Kier molecular flexibility index (Phi) is 3.01. The monoisotopic (exact) mass is 298 g/mol. The number of halogens is 1. The van der Waals surface area contributed by atoms with Crippen LogP contribution in [0.25, 0.3) is 0 Å². The second kappa shape index (κ2) is 4.50. The van der Waals surface area contributed by atoms with Gasteiger partial charge in [-0.15, -0.1) is 0 Å². The van der Waals surface area contributed by atoms with E-state index in [2.05, 4.69) is 15.9 Å². The van der Waals surface area contributed by atoms with Crippen LogP contribution in [-0.4, -0.2) is 18.3 Å².